The number of carbonyl (C=O) groups excluding carboxylic acids is 2. The molecule has 1 aromatic heterocycles. The van der Waals surface area contributed by atoms with Gasteiger partial charge in [-0.2, -0.15) is 0 Å². The van der Waals surface area contributed by atoms with Crippen LogP contribution in [0.1, 0.15) is 54.1 Å². The molecule has 20 heavy (non-hydrogen) atoms. The average Bonchev–Trinajstić information content (AvgIpc) is 2.46. The third kappa shape index (κ3) is 2.81. The van der Waals surface area contributed by atoms with E-state index in [4.69, 9.17) is 0 Å². The summed E-state index contributed by atoms with van der Waals surface area (Å²) in [6.45, 7) is 4.11. The van der Waals surface area contributed by atoms with Crippen LogP contribution in [0.2, 0.25) is 0 Å². The van der Waals surface area contributed by atoms with Gasteiger partial charge in [-0.15, -0.1) is 0 Å². The minimum Gasteiger partial charge on any atom is -0.464 e. The number of amides is 1. The minimum atomic E-state index is -0.528. The zero-order valence-corrected chi connectivity index (χ0v) is 12.1. The Bertz CT molecular complexity index is 506. The highest BCUT2D eigenvalue weighted by molar-refractivity contribution is 5.95. The molecule has 1 aromatic rings. The van der Waals surface area contributed by atoms with Crippen molar-refractivity contribution >= 4 is 11.9 Å². The van der Waals surface area contributed by atoms with Gasteiger partial charge in [0.15, 0.2) is 0 Å². The molecule has 108 valence electrons. The van der Waals surface area contributed by atoms with Crippen LogP contribution in [-0.4, -0.2) is 41.0 Å². The lowest BCUT2D eigenvalue weighted by Gasteiger charge is -2.38. The molecule has 0 spiro atoms. The van der Waals surface area contributed by atoms with Gasteiger partial charge >= 0.3 is 5.97 Å². The van der Waals surface area contributed by atoms with Crippen molar-refractivity contribution in [1.82, 2.24) is 9.88 Å². The molecular weight excluding hydrogens is 256 g/mol. The van der Waals surface area contributed by atoms with Gasteiger partial charge in [0, 0.05) is 12.1 Å². The maximum Gasteiger partial charge on any atom is 0.356 e. The van der Waals surface area contributed by atoms with E-state index in [1.807, 2.05) is 4.90 Å². The monoisotopic (exact) mass is 276 g/mol. The summed E-state index contributed by atoms with van der Waals surface area (Å²) in [6.07, 6.45) is 3.15. The molecule has 1 saturated heterocycles. The summed E-state index contributed by atoms with van der Waals surface area (Å²) in [4.78, 5) is 30.1. The molecule has 0 radical (unpaired) electrons. The van der Waals surface area contributed by atoms with Crippen LogP contribution in [0.15, 0.2) is 18.2 Å². The molecule has 0 aliphatic carbocycles. The number of methoxy groups -OCH3 is 1. The summed E-state index contributed by atoms with van der Waals surface area (Å²) in [5.41, 5.74) is 0.462. The SMILES string of the molecule is COC(=O)c1cccc(C(=O)N2C(C)CCCC2C)n1. The van der Waals surface area contributed by atoms with Crippen LogP contribution in [0, 0.1) is 0 Å². The molecule has 5 nitrogen and oxygen atoms in total. The van der Waals surface area contributed by atoms with Crippen molar-refractivity contribution in [1.29, 1.82) is 0 Å². The van der Waals surface area contributed by atoms with Gasteiger partial charge in [0.1, 0.15) is 11.4 Å². The maximum absolute atomic E-state index is 12.6. The Morgan fingerprint density at radius 3 is 2.40 bits per heavy atom. The van der Waals surface area contributed by atoms with Crippen molar-refractivity contribution in [2.24, 2.45) is 0 Å². The van der Waals surface area contributed by atoms with E-state index in [-0.39, 0.29) is 23.7 Å². The molecule has 5 heteroatoms. The predicted octanol–water partition coefficient (Wildman–Crippen LogP) is 2.27. The Balaban J connectivity index is 2.26. The summed E-state index contributed by atoms with van der Waals surface area (Å²) in [5.74, 6) is -0.644. The van der Waals surface area contributed by atoms with Gasteiger partial charge in [0.2, 0.25) is 0 Å². The van der Waals surface area contributed by atoms with Crippen molar-refractivity contribution in [2.75, 3.05) is 7.11 Å². The standard InChI is InChI=1S/C15H20N2O3/c1-10-6-4-7-11(2)17(10)14(18)12-8-5-9-13(16-12)15(19)20-3/h5,8-11H,4,6-7H2,1-3H3. The van der Waals surface area contributed by atoms with Gasteiger partial charge in [0.05, 0.1) is 7.11 Å². The van der Waals surface area contributed by atoms with E-state index < -0.39 is 5.97 Å². The molecule has 0 aromatic carbocycles. The number of aromatic nitrogens is 1. The van der Waals surface area contributed by atoms with Gasteiger partial charge in [-0.1, -0.05) is 6.07 Å². The number of likely N-dealkylation sites (tertiary alicyclic amines) is 1. The van der Waals surface area contributed by atoms with E-state index in [0.717, 1.165) is 19.3 Å². The molecule has 1 aliphatic heterocycles. The van der Waals surface area contributed by atoms with Crippen LogP contribution in [0.5, 0.6) is 0 Å². The van der Waals surface area contributed by atoms with Gasteiger partial charge in [-0.3, -0.25) is 4.79 Å². The Kier molecular flexibility index (Phi) is 4.37. The summed E-state index contributed by atoms with van der Waals surface area (Å²) in [6, 6.07) is 5.25. The second kappa shape index (κ2) is 6.03. The first-order chi connectivity index (χ1) is 9.54. The molecule has 1 amide bonds. The van der Waals surface area contributed by atoms with E-state index in [1.165, 1.54) is 7.11 Å². The molecule has 2 unspecified atom stereocenters. The topological polar surface area (TPSA) is 59.5 Å². The average molecular weight is 276 g/mol. The summed E-state index contributed by atoms with van der Waals surface area (Å²) >= 11 is 0. The molecule has 2 atom stereocenters. The zero-order chi connectivity index (χ0) is 14.7. The van der Waals surface area contributed by atoms with E-state index in [2.05, 4.69) is 23.6 Å². The fourth-order valence-electron chi connectivity index (χ4n) is 2.73. The van der Waals surface area contributed by atoms with Crippen molar-refractivity contribution < 1.29 is 14.3 Å². The molecule has 2 heterocycles. The Morgan fingerprint density at radius 2 is 1.80 bits per heavy atom. The highest BCUT2D eigenvalue weighted by atomic mass is 16.5. The largest absolute Gasteiger partial charge is 0.464 e. The fourth-order valence-corrected chi connectivity index (χ4v) is 2.73. The smallest absolute Gasteiger partial charge is 0.356 e. The van der Waals surface area contributed by atoms with Gasteiger partial charge in [-0.25, -0.2) is 9.78 Å². The number of pyridine rings is 1. The quantitative estimate of drug-likeness (QED) is 0.777. The predicted molar refractivity (Wildman–Crippen MR) is 74.5 cm³/mol. The first-order valence-corrected chi connectivity index (χ1v) is 6.92. The number of rotatable bonds is 2. The van der Waals surface area contributed by atoms with Crippen molar-refractivity contribution in [2.45, 2.75) is 45.2 Å². The summed E-state index contributed by atoms with van der Waals surface area (Å²) in [5, 5.41) is 0. The Hall–Kier alpha value is -1.91. The first-order valence-electron chi connectivity index (χ1n) is 6.92. The second-order valence-corrected chi connectivity index (χ2v) is 5.24. The van der Waals surface area contributed by atoms with Crippen LogP contribution >= 0.6 is 0 Å². The highest BCUT2D eigenvalue weighted by Crippen LogP contribution is 2.24. The molecule has 1 aliphatic rings. The second-order valence-electron chi connectivity index (χ2n) is 5.24. The number of hydrogen-bond donors (Lipinski definition) is 0. The summed E-state index contributed by atoms with van der Waals surface area (Å²) < 4.78 is 4.63. The normalized spacial score (nSPS) is 22.4. The zero-order valence-electron chi connectivity index (χ0n) is 12.1. The first kappa shape index (κ1) is 14.5. The van der Waals surface area contributed by atoms with Gasteiger partial charge in [-0.05, 0) is 45.2 Å². The number of ether oxygens (including phenoxy) is 1. The van der Waals surface area contributed by atoms with E-state index in [9.17, 15) is 9.59 Å². The molecule has 0 saturated carbocycles. The van der Waals surface area contributed by atoms with Crippen LogP contribution in [-0.2, 0) is 4.74 Å². The van der Waals surface area contributed by atoms with Crippen molar-refractivity contribution in [3.63, 3.8) is 0 Å². The third-order valence-electron chi connectivity index (χ3n) is 3.79. The number of hydrogen-bond acceptors (Lipinski definition) is 4. The Labute approximate surface area is 118 Å². The third-order valence-corrected chi connectivity index (χ3v) is 3.79. The fraction of sp³-hybridized carbons (Fsp3) is 0.533. The summed E-state index contributed by atoms with van der Waals surface area (Å²) in [7, 11) is 1.30. The highest BCUT2D eigenvalue weighted by Gasteiger charge is 2.30. The van der Waals surface area contributed by atoms with E-state index >= 15 is 0 Å². The number of piperidine rings is 1. The number of esters is 1. The van der Waals surface area contributed by atoms with Crippen LogP contribution < -0.4 is 0 Å². The van der Waals surface area contributed by atoms with E-state index in [1.54, 1.807) is 18.2 Å². The van der Waals surface area contributed by atoms with Crippen LogP contribution in [0.25, 0.3) is 0 Å². The lowest BCUT2D eigenvalue weighted by atomic mass is 9.97. The Morgan fingerprint density at radius 1 is 1.20 bits per heavy atom. The van der Waals surface area contributed by atoms with Crippen LogP contribution in [0.3, 0.4) is 0 Å². The van der Waals surface area contributed by atoms with Crippen LogP contribution in [0.4, 0.5) is 0 Å². The number of carbonyl (C=O) groups is 2. The van der Waals surface area contributed by atoms with Gasteiger partial charge in [0.25, 0.3) is 5.91 Å². The molecule has 2 rings (SSSR count). The van der Waals surface area contributed by atoms with Crippen molar-refractivity contribution in [3.8, 4) is 0 Å². The number of nitrogens with zero attached hydrogens (tertiary/aromatic N) is 2. The maximum atomic E-state index is 12.6. The van der Waals surface area contributed by atoms with Gasteiger partial charge < -0.3 is 9.64 Å². The molecular formula is C15H20N2O3. The van der Waals surface area contributed by atoms with E-state index in [0.29, 0.717) is 5.69 Å². The van der Waals surface area contributed by atoms with Crippen molar-refractivity contribution in [3.05, 3.63) is 29.6 Å². The molecule has 1 fully saturated rings. The lowest BCUT2D eigenvalue weighted by Crippen LogP contribution is -2.47. The minimum absolute atomic E-state index is 0.115. The molecule has 0 bridgehead atoms. The lowest BCUT2D eigenvalue weighted by molar-refractivity contribution is 0.0504. The molecule has 0 N–H and O–H groups in total.